The normalized spacial score (nSPS) is 10.8. The molecule has 3 aromatic carbocycles. The van der Waals surface area contributed by atoms with E-state index in [1.165, 1.54) is 11.8 Å². The molecule has 4 aromatic rings. The summed E-state index contributed by atoms with van der Waals surface area (Å²) in [4.78, 5) is 12.7. The molecular formula is C24H20O4. The second-order valence-corrected chi connectivity index (χ2v) is 6.72. The molecule has 0 N–H and O–H groups in total. The maximum Gasteiger partial charge on any atom is 0.235 e. The first kappa shape index (κ1) is 17.9. The first-order chi connectivity index (χ1) is 13.6. The molecule has 0 radical (unpaired) electrons. The van der Waals surface area contributed by atoms with Crippen molar-refractivity contribution in [3.05, 3.63) is 99.9 Å². The molecule has 0 aliphatic carbocycles. The monoisotopic (exact) mass is 372 g/mol. The van der Waals surface area contributed by atoms with Crippen LogP contribution >= 0.6 is 0 Å². The van der Waals surface area contributed by atoms with Crippen molar-refractivity contribution in [3.63, 3.8) is 0 Å². The van der Waals surface area contributed by atoms with Gasteiger partial charge in [-0.3, -0.25) is 4.79 Å². The Morgan fingerprint density at radius 3 is 2.43 bits per heavy atom. The van der Waals surface area contributed by atoms with Crippen molar-refractivity contribution in [3.8, 4) is 17.2 Å². The number of benzene rings is 3. The van der Waals surface area contributed by atoms with Gasteiger partial charge in [-0.05, 0) is 49.2 Å². The smallest absolute Gasteiger partial charge is 0.235 e. The number of ether oxygens (including phenoxy) is 2. The van der Waals surface area contributed by atoms with Gasteiger partial charge in [-0.25, -0.2) is 0 Å². The van der Waals surface area contributed by atoms with Crippen LogP contribution < -0.4 is 14.9 Å². The fourth-order valence-corrected chi connectivity index (χ4v) is 2.92. The summed E-state index contributed by atoms with van der Waals surface area (Å²) in [7, 11) is 0. The van der Waals surface area contributed by atoms with Crippen molar-refractivity contribution in [2.45, 2.75) is 20.5 Å². The molecule has 1 heterocycles. The average molecular weight is 372 g/mol. The second kappa shape index (κ2) is 7.61. The van der Waals surface area contributed by atoms with E-state index in [1.807, 2.05) is 62.4 Å². The van der Waals surface area contributed by atoms with E-state index >= 15 is 0 Å². The molecular weight excluding hydrogens is 352 g/mol. The second-order valence-electron chi connectivity index (χ2n) is 6.72. The van der Waals surface area contributed by atoms with Crippen LogP contribution in [0.1, 0.15) is 16.7 Å². The summed E-state index contributed by atoms with van der Waals surface area (Å²) in [6, 6.07) is 20.8. The molecule has 4 rings (SSSR count). The van der Waals surface area contributed by atoms with E-state index in [2.05, 4.69) is 0 Å². The molecule has 140 valence electrons. The van der Waals surface area contributed by atoms with Crippen LogP contribution in [0, 0.1) is 13.8 Å². The zero-order chi connectivity index (χ0) is 19.5. The molecule has 0 fully saturated rings. The molecule has 0 unspecified atom stereocenters. The van der Waals surface area contributed by atoms with Crippen molar-refractivity contribution >= 4 is 11.0 Å². The summed E-state index contributed by atoms with van der Waals surface area (Å²) in [5, 5.41) is 0.452. The van der Waals surface area contributed by atoms with Crippen LogP contribution in [-0.2, 0) is 6.61 Å². The minimum atomic E-state index is -0.215. The molecule has 0 bridgehead atoms. The van der Waals surface area contributed by atoms with Crippen molar-refractivity contribution in [2.75, 3.05) is 0 Å². The van der Waals surface area contributed by atoms with Crippen LogP contribution in [0.3, 0.4) is 0 Å². The summed E-state index contributed by atoms with van der Waals surface area (Å²) in [5.41, 5.74) is 3.66. The van der Waals surface area contributed by atoms with Crippen LogP contribution in [0.5, 0.6) is 17.2 Å². The molecule has 0 saturated heterocycles. The summed E-state index contributed by atoms with van der Waals surface area (Å²) < 4.78 is 17.2. The van der Waals surface area contributed by atoms with E-state index in [-0.39, 0.29) is 11.2 Å². The summed E-state index contributed by atoms with van der Waals surface area (Å²) in [6.07, 6.45) is 1.34. The Hall–Kier alpha value is -3.53. The Morgan fingerprint density at radius 2 is 1.64 bits per heavy atom. The van der Waals surface area contributed by atoms with Crippen LogP contribution in [-0.4, -0.2) is 0 Å². The molecule has 0 spiro atoms. The van der Waals surface area contributed by atoms with Crippen molar-refractivity contribution in [1.82, 2.24) is 0 Å². The number of rotatable bonds is 5. The highest BCUT2D eigenvalue weighted by Gasteiger charge is 2.10. The lowest BCUT2D eigenvalue weighted by atomic mass is 10.1. The zero-order valence-electron chi connectivity index (χ0n) is 15.8. The summed E-state index contributed by atoms with van der Waals surface area (Å²) in [5.74, 6) is 1.39. The molecule has 0 aliphatic heterocycles. The number of fused-ring (bicyclic) bond motifs is 1. The van der Waals surface area contributed by atoms with Gasteiger partial charge in [0.25, 0.3) is 0 Å². The Bertz CT molecular complexity index is 1170. The van der Waals surface area contributed by atoms with Gasteiger partial charge in [0.1, 0.15) is 30.0 Å². The third kappa shape index (κ3) is 3.76. The van der Waals surface area contributed by atoms with Gasteiger partial charge >= 0.3 is 0 Å². The van der Waals surface area contributed by atoms with E-state index in [9.17, 15) is 4.79 Å². The lowest BCUT2D eigenvalue weighted by Crippen LogP contribution is -2.05. The Balaban J connectivity index is 1.56. The minimum absolute atomic E-state index is 0.157. The molecule has 1 aromatic heterocycles. The average Bonchev–Trinajstić information content (AvgIpc) is 2.71. The molecule has 0 atom stereocenters. The molecule has 28 heavy (non-hydrogen) atoms. The maximum atomic E-state index is 12.7. The predicted octanol–water partition coefficient (Wildman–Crippen LogP) is 5.78. The Kier molecular flexibility index (Phi) is 4.85. The predicted molar refractivity (Wildman–Crippen MR) is 109 cm³/mol. The van der Waals surface area contributed by atoms with Crippen LogP contribution in [0.4, 0.5) is 0 Å². The summed E-state index contributed by atoms with van der Waals surface area (Å²) in [6.45, 7) is 4.50. The van der Waals surface area contributed by atoms with Crippen molar-refractivity contribution in [1.29, 1.82) is 0 Å². The first-order valence-corrected chi connectivity index (χ1v) is 9.07. The lowest BCUT2D eigenvalue weighted by Gasteiger charge is -2.10. The Labute approximate surface area is 163 Å². The number of hydrogen-bond acceptors (Lipinski definition) is 4. The van der Waals surface area contributed by atoms with Gasteiger partial charge in [-0.1, -0.05) is 42.0 Å². The van der Waals surface area contributed by atoms with Gasteiger partial charge in [0.15, 0.2) is 0 Å². The minimum Gasteiger partial charge on any atom is -0.489 e. The highest BCUT2D eigenvalue weighted by molar-refractivity contribution is 5.79. The third-order valence-electron chi connectivity index (χ3n) is 4.62. The first-order valence-electron chi connectivity index (χ1n) is 9.07. The van der Waals surface area contributed by atoms with Gasteiger partial charge in [0, 0.05) is 6.07 Å². The van der Waals surface area contributed by atoms with Crippen molar-refractivity contribution in [2.24, 2.45) is 0 Å². The van der Waals surface area contributed by atoms with Gasteiger partial charge in [-0.15, -0.1) is 0 Å². The number of hydrogen-bond donors (Lipinski definition) is 0. The van der Waals surface area contributed by atoms with E-state index in [0.717, 1.165) is 11.1 Å². The molecule has 4 heteroatoms. The quantitative estimate of drug-likeness (QED) is 0.445. The number of aryl methyl sites for hydroxylation is 2. The SMILES string of the molecule is Cc1ccc(Oc2coc3cc(OCc4ccccc4C)ccc3c2=O)cc1. The highest BCUT2D eigenvalue weighted by Crippen LogP contribution is 2.25. The fourth-order valence-electron chi connectivity index (χ4n) is 2.92. The van der Waals surface area contributed by atoms with Gasteiger partial charge in [-0.2, -0.15) is 0 Å². The van der Waals surface area contributed by atoms with Gasteiger partial charge in [0.05, 0.1) is 5.39 Å². The van der Waals surface area contributed by atoms with Crippen LogP contribution in [0.2, 0.25) is 0 Å². The standard InChI is InChI=1S/C24H20O4/c1-16-7-9-19(10-8-16)28-23-15-27-22-13-20(11-12-21(22)24(23)25)26-14-18-6-4-3-5-17(18)2/h3-13,15H,14H2,1-2H3. The van der Waals surface area contributed by atoms with E-state index in [4.69, 9.17) is 13.9 Å². The largest absolute Gasteiger partial charge is 0.489 e. The van der Waals surface area contributed by atoms with Crippen molar-refractivity contribution < 1.29 is 13.9 Å². The van der Waals surface area contributed by atoms with Crippen LogP contribution in [0.15, 0.2) is 82.2 Å². The lowest BCUT2D eigenvalue weighted by molar-refractivity contribution is 0.305. The van der Waals surface area contributed by atoms with Gasteiger partial charge in [0.2, 0.25) is 11.2 Å². The fraction of sp³-hybridized carbons (Fsp3) is 0.125. The van der Waals surface area contributed by atoms with Gasteiger partial charge < -0.3 is 13.9 Å². The molecule has 4 nitrogen and oxygen atoms in total. The van der Waals surface area contributed by atoms with E-state index < -0.39 is 0 Å². The highest BCUT2D eigenvalue weighted by atomic mass is 16.5. The Morgan fingerprint density at radius 1 is 0.893 bits per heavy atom. The third-order valence-corrected chi connectivity index (χ3v) is 4.62. The summed E-state index contributed by atoms with van der Waals surface area (Å²) >= 11 is 0. The van der Waals surface area contributed by atoms with E-state index in [1.54, 1.807) is 18.2 Å². The molecule has 0 aliphatic rings. The molecule has 0 saturated carbocycles. The molecule has 0 amide bonds. The van der Waals surface area contributed by atoms with Crippen LogP contribution in [0.25, 0.3) is 11.0 Å². The topological polar surface area (TPSA) is 48.7 Å². The van der Waals surface area contributed by atoms with E-state index in [0.29, 0.717) is 29.1 Å². The maximum absolute atomic E-state index is 12.7. The zero-order valence-corrected chi connectivity index (χ0v) is 15.8.